The first-order valence-corrected chi connectivity index (χ1v) is 7.32. The molecule has 0 amide bonds. The lowest BCUT2D eigenvalue weighted by atomic mass is 9.97. The van der Waals surface area contributed by atoms with Crippen molar-refractivity contribution in [1.29, 1.82) is 5.26 Å². The number of aromatic amines is 1. The van der Waals surface area contributed by atoms with Crippen molar-refractivity contribution in [2.45, 2.75) is 38.5 Å². The predicted molar refractivity (Wildman–Crippen MR) is 78.5 cm³/mol. The molecule has 0 atom stereocenters. The highest BCUT2D eigenvalue weighted by molar-refractivity contribution is 6.08. The summed E-state index contributed by atoms with van der Waals surface area (Å²) in [5, 5.41) is 9.82. The molecule has 20 heavy (non-hydrogen) atoms. The van der Waals surface area contributed by atoms with E-state index in [1.165, 1.54) is 25.7 Å². The van der Waals surface area contributed by atoms with Crippen LogP contribution < -0.4 is 0 Å². The number of carbonyl (C=O) groups is 1. The van der Waals surface area contributed by atoms with Crippen LogP contribution in [0.15, 0.2) is 24.4 Å². The summed E-state index contributed by atoms with van der Waals surface area (Å²) in [7, 11) is 0. The quantitative estimate of drug-likeness (QED) is 0.843. The van der Waals surface area contributed by atoms with Crippen molar-refractivity contribution < 1.29 is 4.79 Å². The lowest BCUT2D eigenvalue weighted by molar-refractivity contribution is 0.0975. The van der Waals surface area contributed by atoms with Gasteiger partial charge in [0.1, 0.15) is 0 Å². The Bertz CT molecular complexity index is 672. The van der Waals surface area contributed by atoms with Crippen LogP contribution >= 0.6 is 0 Å². The van der Waals surface area contributed by atoms with Gasteiger partial charge in [0.15, 0.2) is 5.78 Å². The summed E-state index contributed by atoms with van der Waals surface area (Å²) in [6, 6.07) is 7.55. The van der Waals surface area contributed by atoms with E-state index in [0.29, 0.717) is 12.0 Å². The van der Waals surface area contributed by atoms with Gasteiger partial charge >= 0.3 is 0 Å². The maximum Gasteiger partial charge on any atom is 0.165 e. The van der Waals surface area contributed by atoms with Crippen molar-refractivity contribution in [3.63, 3.8) is 0 Å². The van der Waals surface area contributed by atoms with Gasteiger partial charge in [0.2, 0.25) is 0 Å². The van der Waals surface area contributed by atoms with E-state index in [0.717, 1.165) is 28.8 Å². The second-order valence-corrected chi connectivity index (χ2v) is 5.69. The number of hydrogen-bond donors (Lipinski definition) is 1. The molecule has 1 aliphatic rings. The zero-order valence-electron chi connectivity index (χ0n) is 11.5. The molecular weight excluding hydrogens is 248 g/mol. The van der Waals surface area contributed by atoms with Crippen LogP contribution in [0.1, 0.15) is 54.4 Å². The molecule has 0 bridgehead atoms. The maximum atomic E-state index is 12.3. The Labute approximate surface area is 118 Å². The summed E-state index contributed by atoms with van der Waals surface area (Å²) in [6.45, 7) is 0. The molecule has 1 fully saturated rings. The standard InChI is InChI=1S/C17H18N2O/c18-10-13-5-7-14-15(11-19-16(14)9-13)17(20)8-6-12-3-1-2-4-12/h5,7,9,11-12,19H,1-4,6,8H2. The van der Waals surface area contributed by atoms with E-state index < -0.39 is 0 Å². The molecule has 1 heterocycles. The number of benzene rings is 1. The van der Waals surface area contributed by atoms with Crippen LogP contribution in [-0.2, 0) is 0 Å². The van der Waals surface area contributed by atoms with E-state index in [9.17, 15) is 4.79 Å². The minimum atomic E-state index is 0.216. The Kier molecular flexibility index (Phi) is 3.56. The van der Waals surface area contributed by atoms with E-state index in [1.807, 2.05) is 6.07 Å². The fraction of sp³-hybridized carbons (Fsp3) is 0.412. The van der Waals surface area contributed by atoms with Gasteiger partial charge in [0.25, 0.3) is 0 Å². The van der Waals surface area contributed by atoms with Gasteiger partial charge in [-0.05, 0) is 24.5 Å². The van der Waals surface area contributed by atoms with Crippen molar-refractivity contribution >= 4 is 16.7 Å². The molecule has 3 heteroatoms. The van der Waals surface area contributed by atoms with E-state index in [2.05, 4.69) is 11.1 Å². The van der Waals surface area contributed by atoms with Gasteiger partial charge < -0.3 is 4.98 Å². The van der Waals surface area contributed by atoms with Crippen molar-refractivity contribution in [3.8, 4) is 6.07 Å². The number of H-pyrrole nitrogens is 1. The Morgan fingerprint density at radius 3 is 2.90 bits per heavy atom. The second-order valence-electron chi connectivity index (χ2n) is 5.69. The lowest BCUT2D eigenvalue weighted by Gasteiger charge is -2.07. The van der Waals surface area contributed by atoms with Crippen molar-refractivity contribution in [2.24, 2.45) is 5.92 Å². The average molecular weight is 266 g/mol. The van der Waals surface area contributed by atoms with Crippen molar-refractivity contribution in [3.05, 3.63) is 35.5 Å². The third-order valence-electron chi connectivity index (χ3n) is 4.37. The van der Waals surface area contributed by atoms with Crippen LogP contribution in [0.25, 0.3) is 10.9 Å². The third-order valence-corrected chi connectivity index (χ3v) is 4.37. The highest BCUT2D eigenvalue weighted by atomic mass is 16.1. The fourth-order valence-electron chi connectivity index (χ4n) is 3.20. The summed E-state index contributed by atoms with van der Waals surface area (Å²) in [5.74, 6) is 0.960. The first kappa shape index (κ1) is 12.9. The number of nitrogens with zero attached hydrogens (tertiary/aromatic N) is 1. The van der Waals surface area contributed by atoms with Crippen LogP contribution in [0, 0.1) is 17.2 Å². The van der Waals surface area contributed by atoms with Gasteiger partial charge in [0, 0.05) is 29.1 Å². The largest absolute Gasteiger partial charge is 0.360 e. The lowest BCUT2D eigenvalue weighted by Crippen LogP contribution is -2.02. The van der Waals surface area contributed by atoms with Gasteiger partial charge in [-0.2, -0.15) is 5.26 Å². The summed E-state index contributed by atoms with van der Waals surface area (Å²) in [5.41, 5.74) is 2.25. The first-order chi connectivity index (χ1) is 9.78. The van der Waals surface area contributed by atoms with Crippen LogP contribution in [0.5, 0.6) is 0 Å². The Morgan fingerprint density at radius 2 is 2.15 bits per heavy atom. The molecule has 0 saturated heterocycles. The SMILES string of the molecule is N#Cc1ccc2c(C(=O)CCC3CCCC3)c[nH]c2c1. The molecule has 1 aromatic heterocycles. The monoisotopic (exact) mass is 266 g/mol. The zero-order chi connectivity index (χ0) is 13.9. The molecule has 102 valence electrons. The van der Waals surface area contributed by atoms with Gasteiger partial charge in [-0.3, -0.25) is 4.79 Å². The van der Waals surface area contributed by atoms with Gasteiger partial charge in [-0.15, -0.1) is 0 Å². The summed E-state index contributed by atoms with van der Waals surface area (Å²) in [6.07, 6.45) is 8.65. The topological polar surface area (TPSA) is 56.6 Å². The molecular formula is C17H18N2O. The Balaban J connectivity index is 1.76. The molecule has 3 rings (SSSR count). The number of fused-ring (bicyclic) bond motifs is 1. The Morgan fingerprint density at radius 1 is 1.35 bits per heavy atom. The minimum Gasteiger partial charge on any atom is -0.360 e. The predicted octanol–water partition coefficient (Wildman–Crippen LogP) is 4.19. The van der Waals surface area contributed by atoms with Crippen LogP contribution in [-0.4, -0.2) is 10.8 Å². The number of carbonyl (C=O) groups excluding carboxylic acids is 1. The smallest absolute Gasteiger partial charge is 0.165 e. The highest BCUT2D eigenvalue weighted by Gasteiger charge is 2.18. The molecule has 0 radical (unpaired) electrons. The first-order valence-electron chi connectivity index (χ1n) is 7.32. The number of nitrogens with one attached hydrogen (secondary N) is 1. The normalized spacial score (nSPS) is 15.6. The molecule has 1 aromatic carbocycles. The second kappa shape index (κ2) is 5.50. The molecule has 1 N–H and O–H groups in total. The molecule has 0 spiro atoms. The van der Waals surface area contributed by atoms with Gasteiger partial charge in [-0.1, -0.05) is 31.7 Å². The average Bonchev–Trinajstić information content (AvgIpc) is 3.13. The number of rotatable bonds is 4. The summed E-state index contributed by atoms with van der Waals surface area (Å²) < 4.78 is 0. The van der Waals surface area contributed by atoms with E-state index in [4.69, 9.17) is 5.26 Å². The summed E-state index contributed by atoms with van der Waals surface area (Å²) in [4.78, 5) is 15.4. The van der Waals surface area contributed by atoms with Crippen LogP contribution in [0.3, 0.4) is 0 Å². The number of aromatic nitrogens is 1. The number of nitriles is 1. The van der Waals surface area contributed by atoms with Gasteiger partial charge in [-0.25, -0.2) is 0 Å². The van der Waals surface area contributed by atoms with E-state index in [-0.39, 0.29) is 5.78 Å². The molecule has 1 saturated carbocycles. The minimum absolute atomic E-state index is 0.216. The van der Waals surface area contributed by atoms with E-state index >= 15 is 0 Å². The highest BCUT2D eigenvalue weighted by Crippen LogP contribution is 2.29. The van der Waals surface area contributed by atoms with Crippen LogP contribution in [0.4, 0.5) is 0 Å². The maximum absolute atomic E-state index is 12.3. The molecule has 0 aliphatic heterocycles. The molecule has 1 aliphatic carbocycles. The fourth-order valence-corrected chi connectivity index (χ4v) is 3.20. The van der Waals surface area contributed by atoms with Crippen molar-refractivity contribution in [1.82, 2.24) is 4.98 Å². The third kappa shape index (κ3) is 2.46. The van der Waals surface area contributed by atoms with Gasteiger partial charge in [0.05, 0.1) is 11.6 Å². The molecule has 2 aromatic rings. The molecule has 0 unspecified atom stereocenters. The number of ketones is 1. The number of hydrogen-bond acceptors (Lipinski definition) is 2. The van der Waals surface area contributed by atoms with Crippen molar-refractivity contribution in [2.75, 3.05) is 0 Å². The molecule has 3 nitrogen and oxygen atoms in total. The zero-order valence-corrected chi connectivity index (χ0v) is 11.5. The summed E-state index contributed by atoms with van der Waals surface area (Å²) >= 11 is 0. The number of Topliss-reactive ketones (excluding diaryl/α,β-unsaturated/α-hetero) is 1. The van der Waals surface area contributed by atoms with E-state index in [1.54, 1.807) is 18.3 Å². The Hall–Kier alpha value is -2.08. The van der Waals surface area contributed by atoms with Crippen LogP contribution in [0.2, 0.25) is 0 Å².